The van der Waals surface area contributed by atoms with Gasteiger partial charge in [0.25, 0.3) is 0 Å². The Labute approximate surface area is 113 Å². The second-order valence-corrected chi connectivity index (χ2v) is 4.54. The fourth-order valence-electron chi connectivity index (χ4n) is 2.04. The first-order chi connectivity index (χ1) is 9.72. The molecule has 0 aliphatic carbocycles. The number of hydrogen-bond acceptors (Lipinski definition) is 5. The van der Waals surface area contributed by atoms with Gasteiger partial charge in [0.1, 0.15) is 11.6 Å². The third-order valence-corrected chi connectivity index (χ3v) is 3.07. The van der Waals surface area contributed by atoms with Crippen LogP contribution in [0.2, 0.25) is 0 Å². The van der Waals surface area contributed by atoms with E-state index in [-0.39, 0.29) is 18.4 Å². The van der Waals surface area contributed by atoms with Crippen molar-refractivity contribution in [3.05, 3.63) is 47.1 Å². The van der Waals surface area contributed by atoms with Crippen LogP contribution in [0.3, 0.4) is 0 Å². The van der Waals surface area contributed by atoms with Crippen LogP contribution in [-0.4, -0.2) is 29.9 Å². The molecule has 106 valence electrons. The predicted octanol–water partition coefficient (Wildman–Crippen LogP) is 1.60. The Balaban J connectivity index is 1.73. The number of benzene rings is 1. The van der Waals surface area contributed by atoms with Crippen molar-refractivity contribution < 1.29 is 18.0 Å². The van der Waals surface area contributed by atoms with Crippen molar-refractivity contribution in [2.75, 3.05) is 19.8 Å². The lowest BCUT2D eigenvalue weighted by molar-refractivity contribution is 0.0734. The van der Waals surface area contributed by atoms with Gasteiger partial charge in [-0.15, -0.1) is 0 Å². The molecule has 0 radical (unpaired) electrons. The van der Waals surface area contributed by atoms with E-state index in [9.17, 15) is 8.78 Å². The molecule has 0 saturated carbocycles. The largest absolute Gasteiger partial charge is 0.378 e. The highest BCUT2D eigenvalue weighted by atomic mass is 19.1. The molecule has 1 unspecified atom stereocenters. The lowest BCUT2D eigenvalue weighted by atomic mass is 10.1. The summed E-state index contributed by atoms with van der Waals surface area (Å²) >= 11 is 0. The Morgan fingerprint density at radius 3 is 3.00 bits per heavy atom. The van der Waals surface area contributed by atoms with Crippen LogP contribution in [0.25, 0.3) is 0 Å². The van der Waals surface area contributed by atoms with Crippen LogP contribution in [0.4, 0.5) is 8.78 Å². The zero-order valence-corrected chi connectivity index (χ0v) is 10.6. The molecule has 3 rings (SSSR count). The van der Waals surface area contributed by atoms with Crippen molar-refractivity contribution in [2.24, 2.45) is 0 Å². The topological polar surface area (TPSA) is 60.2 Å². The summed E-state index contributed by atoms with van der Waals surface area (Å²) in [6.45, 7) is 1.85. The Hall–Kier alpha value is -1.86. The molecular weight excluding hydrogens is 268 g/mol. The van der Waals surface area contributed by atoms with Crippen molar-refractivity contribution in [3.8, 4) is 0 Å². The molecule has 1 aromatic heterocycles. The summed E-state index contributed by atoms with van der Waals surface area (Å²) in [5.74, 6) is -0.454. The number of halogens is 2. The van der Waals surface area contributed by atoms with E-state index in [0.29, 0.717) is 24.6 Å². The predicted molar refractivity (Wildman–Crippen MR) is 65.0 cm³/mol. The summed E-state index contributed by atoms with van der Waals surface area (Å²) < 4.78 is 36.8. The van der Waals surface area contributed by atoms with Crippen LogP contribution >= 0.6 is 0 Å². The first kappa shape index (κ1) is 13.1. The highest BCUT2D eigenvalue weighted by molar-refractivity contribution is 5.21. The quantitative estimate of drug-likeness (QED) is 0.926. The molecule has 20 heavy (non-hydrogen) atoms. The average molecular weight is 281 g/mol. The molecule has 2 aromatic rings. The summed E-state index contributed by atoms with van der Waals surface area (Å²) in [4.78, 5) is 4.21. The van der Waals surface area contributed by atoms with Gasteiger partial charge in [0.2, 0.25) is 5.89 Å². The Morgan fingerprint density at radius 2 is 2.25 bits per heavy atom. The molecule has 0 amide bonds. The van der Waals surface area contributed by atoms with E-state index in [1.54, 1.807) is 0 Å². The molecule has 1 atom stereocenters. The zero-order chi connectivity index (χ0) is 13.9. The molecule has 1 N–H and O–H groups in total. The van der Waals surface area contributed by atoms with Gasteiger partial charge >= 0.3 is 0 Å². The van der Waals surface area contributed by atoms with Gasteiger partial charge in [-0.05, 0) is 11.6 Å². The summed E-state index contributed by atoms with van der Waals surface area (Å²) in [6, 6.07) is 3.30. The van der Waals surface area contributed by atoms with Gasteiger partial charge in [0.15, 0.2) is 5.82 Å². The number of aromatic nitrogens is 2. The number of hydrogen-bond donors (Lipinski definition) is 1. The SMILES string of the molecule is Fc1ccc(Cc2nc(C3COCCN3)no2)c(F)c1. The number of ether oxygens (including phenoxy) is 1. The van der Waals surface area contributed by atoms with Gasteiger partial charge in [0.05, 0.1) is 25.7 Å². The van der Waals surface area contributed by atoms with Gasteiger partial charge in [-0.3, -0.25) is 0 Å². The molecule has 2 heterocycles. The van der Waals surface area contributed by atoms with E-state index in [0.717, 1.165) is 12.6 Å². The minimum Gasteiger partial charge on any atom is -0.378 e. The van der Waals surface area contributed by atoms with Crippen molar-refractivity contribution >= 4 is 0 Å². The van der Waals surface area contributed by atoms with Crippen molar-refractivity contribution in [1.29, 1.82) is 0 Å². The second kappa shape index (κ2) is 5.64. The molecule has 1 aliphatic heterocycles. The molecular formula is C13H13F2N3O2. The van der Waals surface area contributed by atoms with Crippen molar-refractivity contribution in [2.45, 2.75) is 12.5 Å². The third kappa shape index (κ3) is 2.83. The van der Waals surface area contributed by atoms with E-state index < -0.39 is 11.6 Å². The van der Waals surface area contributed by atoms with Gasteiger partial charge in [-0.1, -0.05) is 11.2 Å². The highest BCUT2D eigenvalue weighted by Crippen LogP contribution is 2.16. The first-order valence-electron chi connectivity index (χ1n) is 6.30. The number of morpholine rings is 1. The smallest absolute Gasteiger partial charge is 0.231 e. The fraction of sp³-hybridized carbons (Fsp3) is 0.385. The van der Waals surface area contributed by atoms with Gasteiger partial charge in [-0.25, -0.2) is 8.78 Å². The van der Waals surface area contributed by atoms with Gasteiger partial charge in [0, 0.05) is 12.6 Å². The van der Waals surface area contributed by atoms with Crippen LogP contribution in [0.15, 0.2) is 22.7 Å². The van der Waals surface area contributed by atoms with E-state index >= 15 is 0 Å². The molecule has 7 heteroatoms. The van der Waals surface area contributed by atoms with Gasteiger partial charge < -0.3 is 14.6 Å². The maximum Gasteiger partial charge on any atom is 0.231 e. The van der Waals surface area contributed by atoms with E-state index in [1.165, 1.54) is 12.1 Å². The number of nitrogens with one attached hydrogen (secondary N) is 1. The van der Waals surface area contributed by atoms with E-state index in [1.807, 2.05) is 0 Å². The van der Waals surface area contributed by atoms with Crippen LogP contribution in [0.5, 0.6) is 0 Å². The monoisotopic (exact) mass is 281 g/mol. The minimum absolute atomic E-state index is 0.112. The standard InChI is InChI=1S/C13H13F2N3O2/c14-9-2-1-8(10(15)6-9)5-12-17-13(18-20-12)11-7-19-4-3-16-11/h1-2,6,11,16H,3-5,7H2. The summed E-state index contributed by atoms with van der Waals surface area (Å²) in [5.41, 5.74) is 0.314. The lowest BCUT2D eigenvalue weighted by Crippen LogP contribution is -2.35. The average Bonchev–Trinajstić information content (AvgIpc) is 2.92. The second-order valence-electron chi connectivity index (χ2n) is 4.54. The minimum atomic E-state index is -0.621. The zero-order valence-electron chi connectivity index (χ0n) is 10.6. The number of rotatable bonds is 3. The normalized spacial score (nSPS) is 19.2. The Bertz CT molecular complexity index is 597. The Morgan fingerprint density at radius 1 is 1.35 bits per heavy atom. The lowest BCUT2D eigenvalue weighted by Gasteiger charge is -2.20. The number of nitrogens with zero attached hydrogens (tertiary/aromatic N) is 2. The Kier molecular flexibility index (Phi) is 3.70. The van der Waals surface area contributed by atoms with E-state index in [4.69, 9.17) is 9.26 Å². The van der Waals surface area contributed by atoms with Crippen LogP contribution in [0.1, 0.15) is 23.3 Å². The van der Waals surface area contributed by atoms with Crippen molar-refractivity contribution in [1.82, 2.24) is 15.5 Å². The maximum atomic E-state index is 13.5. The van der Waals surface area contributed by atoms with Crippen LogP contribution in [-0.2, 0) is 11.2 Å². The summed E-state index contributed by atoms with van der Waals surface area (Å²) in [7, 11) is 0. The first-order valence-corrected chi connectivity index (χ1v) is 6.30. The van der Waals surface area contributed by atoms with Crippen molar-refractivity contribution in [3.63, 3.8) is 0 Å². The fourth-order valence-corrected chi connectivity index (χ4v) is 2.04. The molecule has 1 saturated heterocycles. The molecule has 5 nitrogen and oxygen atoms in total. The molecule has 0 bridgehead atoms. The highest BCUT2D eigenvalue weighted by Gasteiger charge is 2.21. The summed E-state index contributed by atoms with van der Waals surface area (Å²) in [5, 5.41) is 7.06. The molecule has 0 spiro atoms. The maximum absolute atomic E-state index is 13.5. The van der Waals surface area contributed by atoms with E-state index in [2.05, 4.69) is 15.5 Å². The molecule has 1 fully saturated rings. The third-order valence-electron chi connectivity index (χ3n) is 3.07. The van der Waals surface area contributed by atoms with Gasteiger partial charge in [-0.2, -0.15) is 4.98 Å². The van der Waals surface area contributed by atoms with Crippen LogP contribution in [0, 0.1) is 11.6 Å². The molecule has 1 aliphatic rings. The summed E-state index contributed by atoms with van der Waals surface area (Å²) in [6.07, 6.45) is 0.132. The molecule has 1 aromatic carbocycles. The van der Waals surface area contributed by atoms with Crippen LogP contribution < -0.4 is 5.32 Å².